The SMILES string of the molecule is O=c1[nH][nH]c2c(Cc3ccccc3Cl)c(Cl)c([N+](=O)[O-])cc12. The molecular weight excluding hydrogens is 329 g/mol. The average molecular weight is 338 g/mol. The summed E-state index contributed by atoms with van der Waals surface area (Å²) in [7, 11) is 0. The van der Waals surface area contributed by atoms with Crippen LogP contribution >= 0.6 is 23.2 Å². The molecule has 3 aromatic rings. The molecule has 1 heterocycles. The van der Waals surface area contributed by atoms with Crippen molar-refractivity contribution in [2.75, 3.05) is 0 Å². The van der Waals surface area contributed by atoms with E-state index in [2.05, 4.69) is 10.2 Å². The Kier molecular flexibility index (Phi) is 3.64. The van der Waals surface area contributed by atoms with E-state index in [0.29, 0.717) is 16.1 Å². The van der Waals surface area contributed by atoms with Gasteiger partial charge in [0, 0.05) is 23.1 Å². The van der Waals surface area contributed by atoms with Gasteiger partial charge in [-0.3, -0.25) is 25.1 Å². The third kappa shape index (κ3) is 2.36. The molecule has 0 amide bonds. The predicted molar refractivity (Wildman–Crippen MR) is 84.8 cm³/mol. The molecule has 0 atom stereocenters. The van der Waals surface area contributed by atoms with Crippen molar-refractivity contribution >= 4 is 39.8 Å². The third-order valence-corrected chi connectivity index (χ3v) is 4.20. The minimum absolute atomic E-state index is 0.00679. The standard InChI is InChI=1S/C14H9Cl2N3O3/c15-10-4-2-1-3-7(10)5-8-12(16)11(19(21)22)6-9-13(8)17-18-14(9)20/h1-4,6H,5H2,(H2,17,18,20). The number of aromatic nitrogens is 2. The van der Waals surface area contributed by atoms with Gasteiger partial charge in [-0.1, -0.05) is 41.4 Å². The number of H-pyrrole nitrogens is 2. The Bertz CT molecular complexity index is 946. The summed E-state index contributed by atoms with van der Waals surface area (Å²) in [6, 6.07) is 8.29. The molecule has 8 heteroatoms. The van der Waals surface area contributed by atoms with E-state index in [-0.39, 0.29) is 22.5 Å². The van der Waals surface area contributed by atoms with Crippen LogP contribution in [0.3, 0.4) is 0 Å². The van der Waals surface area contributed by atoms with Gasteiger partial charge in [0.25, 0.3) is 11.2 Å². The zero-order valence-electron chi connectivity index (χ0n) is 11.0. The van der Waals surface area contributed by atoms with E-state index in [0.717, 1.165) is 5.56 Å². The van der Waals surface area contributed by atoms with Gasteiger partial charge in [0.15, 0.2) is 0 Å². The number of rotatable bonds is 3. The number of nitrogens with zero attached hydrogens (tertiary/aromatic N) is 1. The van der Waals surface area contributed by atoms with Crippen LogP contribution in [0, 0.1) is 10.1 Å². The third-order valence-electron chi connectivity index (χ3n) is 3.41. The zero-order valence-corrected chi connectivity index (χ0v) is 12.5. The molecule has 0 aliphatic rings. The Morgan fingerprint density at radius 3 is 2.59 bits per heavy atom. The second-order valence-corrected chi connectivity index (χ2v) is 5.50. The normalized spacial score (nSPS) is 11.0. The second-order valence-electron chi connectivity index (χ2n) is 4.72. The van der Waals surface area contributed by atoms with Crippen molar-refractivity contribution < 1.29 is 4.92 Å². The molecule has 0 bridgehead atoms. The van der Waals surface area contributed by atoms with E-state index >= 15 is 0 Å². The molecular formula is C14H9Cl2N3O3. The molecule has 0 unspecified atom stereocenters. The van der Waals surface area contributed by atoms with Crippen LogP contribution in [0.4, 0.5) is 5.69 Å². The lowest BCUT2D eigenvalue weighted by atomic mass is 10.0. The molecule has 3 rings (SSSR count). The van der Waals surface area contributed by atoms with Crippen LogP contribution in [0.5, 0.6) is 0 Å². The molecule has 2 N–H and O–H groups in total. The molecule has 0 aliphatic heterocycles. The Hall–Kier alpha value is -2.31. The number of aromatic amines is 2. The molecule has 0 saturated heterocycles. The highest BCUT2D eigenvalue weighted by Crippen LogP contribution is 2.35. The van der Waals surface area contributed by atoms with Crippen LogP contribution in [0.2, 0.25) is 10.0 Å². The molecule has 0 spiro atoms. The Morgan fingerprint density at radius 2 is 1.91 bits per heavy atom. The van der Waals surface area contributed by atoms with Crippen LogP contribution in [-0.4, -0.2) is 15.1 Å². The highest BCUT2D eigenvalue weighted by atomic mass is 35.5. The van der Waals surface area contributed by atoms with Crippen LogP contribution in [0.25, 0.3) is 10.9 Å². The number of fused-ring (bicyclic) bond motifs is 1. The van der Waals surface area contributed by atoms with Gasteiger partial charge in [-0.25, -0.2) is 0 Å². The monoisotopic (exact) mass is 337 g/mol. The van der Waals surface area contributed by atoms with Gasteiger partial charge in [0.2, 0.25) is 0 Å². The van der Waals surface area contributed by atoms with Crippen LogP contribution in [-0.2, 0) is 6.42 Å². The summed E-state index contributed by atoms with van der Waals surface area (Å²) < 4.78 is 0. The van der Waals surface area contributed by atoms with E-state index in [1.165, 1.54) is 6.07 Å². The predicted octanol–water partition coefficient (Wildman–Crippen LogP) is 3.66. The lowest BCUT2D eigenvalue weighted by Crippen LogP contribution is -2.01. The molecule has 22 heavy (non-hydrogen) atoms. The first kappa shape index (κ1) is 14.6. The van der Waals surface area contributed by atoms with Crippen molar-refractivity contribution in [3.8, 4) is 0 Å². The number of nitro benzene ring substituents is 1. The summed E-state index contributed by atoms with van der Waals surface area (Å²) in [5, 5.41) is 17.0. The summed E-state index contributed by atoms with van der Waals surface area (Å²) in [6.45, 7) is 0. The molecule has 2 aromatic carbocycles. The van der Waals surface area contributed by atoms with Gasteiger partial charge in [-0.15, -0.1) is 0 Å². The smallest absolute Gasteiger partial charge is 0.289 e. The van der Waals surface area contributed by atoms with E-state index in [9.17, 15) is 14.9 Å². The van der Waals surface area contributed by atoms with Gasteiger partial charge in [-0.2, -0.15) is 0 Å². The maximum Gasteiger partial charge on any atom is 0.289 e. The minimum atomic E-state index is -0.607. The van der Waals surface area contributed by atoms with E-state index in [1.807, 2.05) is 6.07 Å². The topological polar surface area (TPSA) is 91.8 Å². The van der Waals surface area contributed by atoms with Gasteiger partial charge in [-0.05, 0) is 11.6 Å². The number of nitrogens with one attached hydrogen (secondary N) is 2. The molecule has 6 nitrogen and oxygen atoms in total. The fraction of sp³-hybridized carbons (Fsp3) is 0.0714. The fourth-order valence-electron chi connectivity index (χ4n) is 2.34. The highest BCUT2D eigenvalue weighted by Gasteiger charge is 2.22. The number of hydrogen-bond acceptors (Lipinski definition) is 3. The molecule has 0 fully saturated rings. The summed E-state index contributed by atoms with van der Waals surface area (Å²) in [5.74, 6) is 0. The highest BCUT2D eigenvalue weighted by molar-refractivity contribution is 6.34. The van der Waals surface area contributed by atoms with Gasteiger partial charge >= 0.3 is 0 Å². The lowest BCUT2D eigenvalue weighted by molar-refractivity contribution is -0.384. The first-order valence-corrected chi connectivity index (χ1v) is 7.04. The number of halogens is 2. The molecule has 0 radical (unpaired) electrons. The van der Waals surface area contributed by atoms with Gasteiger partial charge < -0.3 is 0 Å². The Morgan fingerprint density at radius 1 is 1.18 bits per heavy atom. The lowest BCUT2D eigenvalue weighted by Gasteiger charge is -2.08. The molecule has 1 aromatic heterocycles. The van der Waals surface area contributed by atoms with Crippen molar-refractivity contribution in [3.05, 3.63) is 72.0 Å². The molecule has 0 aliphatic carbocycles. The first-order valence-electron chi connectivity index (χ1n) is 6.28. The number of hydrogen-bond donors (Lipinski definition) is 2. The van der Waals surface area contributed by atoms with Gasteiger partial charge in [0.05, 0.1) is 15.8 Å². The Labute approximate surface area is 133 Å². The van der Waals surface area contributed by atoms with Crippen molar-refractivity contribution in [2.24, 2.45) is 0 Å². The fourth-order valence-corrected chi connectivity index (χ4v) is 2.83. The number of nitro groups is 1. The van der Waals surface area contributed by atoms with Crippen LogP contribution < -0.4 is 5.56 Å². The van der Waals surface area contributed by atoms with Crippen molar-refractivity contribution in [1.82, 2.24) is 10.2 Å². The van der Waals surface area contributed by atoms with Crippen molar-refractivity contribution in [1.29, 1.82) is 0 Å². The Balaban J connectivity index is 2.28. The van der Waals surface area contributed by atoms with Crippen LogP contribution in [0.1, 0.15) is 11.1 Å². The minimum Gasteiger partial charge on any atom is -0.297 e. The van der Waals surface area contributed by atoms with Crippen molar-refractivity contribution in [2.45, 2.75) is 6.42 Å². The summed E-state index contributed by atoms with van der Waals surface area (Å²) >= 11 is 12.3. The quantitative estimate of drug-likeness (QED) is 0.564. The molecule has 0 saturated carbocycles. The number of benzene rings is 2. The van der Waals surface area contributed by atoms with E-state index < -0.39 is 10.5 Å². The zero-order chi connectivity index (χ0) is 15.9. The largest absolute Gasteiger partial charge is 0.297 e. The summed E-state index contributed by atoms with van der Waals surface area (Å²) in [5.41, 5.74) is 0.921. The average Bonchev–Trinajstić information content (AvgIpc) is 2.84. The van der Waals surface area contributed by atoms with E-state index in [4.69, 9.17) is 23.2 Å². The maximum atomic E-state index is 11.8. The first-order chi connectivity index (χ1) is 10.5. The van der Waals surface area contributed by atoms with Crippen LogP contribution in [0.15, 0.2) is 35.1 Å². The van der Waals surface area contributed by atoms with E-state index in [1.54, 1.807) is 18.2 Å². The van der Waals surface area contributed by atoms with Gasteiger partial charge in [0.1, 0.15) is 5.02 Å². The van der Waals surface area contributed by atoms with Crippen molar-refractivity contribution in [3.63, 3.8) is 0 Å². The summed E-state index contributed by atoms with van der Waals surface area (Å²) in [6.07, 6.45) is 0.268. The summed E-state index contributed by atoms with van der Waals surface area (Å²) in [4.78, 5) is 22.3. The molecule has 112 valence electrons. The maximum absolute atomic E-state index is 11.8. The second kappa shape index (κ2) is 5.47.